The van der Waals surface area contributed by atoms with Gasteiger partial charge in [0.1, 0.15) is 5.75 Å². The third kappa shape index (κ3) is 2.72. The van der Waals surface area contributed by atoms with Gasteiger partial charge in [-0.2, -0.15) is 5.10 Å². The van der Waals surface area contributed by atoms with Gasteiger partial charge in [0.15, 0.2) is 5.82 Å². The molecule has 0 saturated carbocycles. The smallest absolute Gasteiger partial charge is 0.153 e. The van der Waals surface area contributed by atoms with Crippen LogP contribution in [0.3, 0.4) is 0 Å². The number of aromatic nitrogens is 2. The fraction of sp³-hybridized carbons (Fsp3) is 0.400. The summed E-state index contributed by atoms with van der Waals surface area (Å²) in [6, 6.07) is 6.08. The molecular formula is C15H21N3O. The average molecular weight is 259 g/mol. The van der Waals surface area contributed by atoms with E-state index in [2.05, 4.69) is 37.0 Å². The summed E-state index contributed by atoms with van der Waals surface area (Å²) in [6.07, 6.45) is 0.913. The van der Waals surface area contributed by atoms with E-state index < -0.39 is 0 Å². The normalized spacial score (nSPS) is 11.0. The summed E-state index contributed by atoms with van der Waals surface area (Å²) < 4.78 is 5.44. The van der Waals surface area contributed by atoms with Gasteiger partial charge in [0, 0.05) is 11.3 Å². The number of rotatable bonds is 4. The van der Waals surface area contributed by atoms with E-state index >= 15 is 0 Å². The minimum absolute atomic E-state index is 0.527. The van der Waals surface area contributed by atoms with Crippen molar-refractivity contribution in [2.45, 2.75) is 27.2 Å². The molecule has 0 aliphatic heterocycles. The van der Waals surface area contributed by atoms with Crippen LogP contribution in [0.25, 0.3) is 11.1 Å². The molecule has 2 rings (SSSR count). The van der Waals surface area contributed by atoms with Gasteiger partial charge >= 0.3 is 0 Å². The van der Waals surface area contributed by atoms with Crippen LogP contribution < -0.4 is 10.5 Å². The Labute approximate surface area is 114 Å². The van der Waals surface area contributed by atoms with E-state index in [9.17, 15) is 0 Å². The molecule has 0 bridgehead atoms. The average Bonchev–Trinajstić information content (AvgIpc) is 2.69. The van der Waals surface area contributed by atoms with Crippen molar-refractivity contribution >= 4 is 5.82 Å². The van der Waals surface area contributed by atoms with Crippen LogP contribution in [0.5, 0.6) is 5.75 Å². The molecule has 0 fully saturated rings. The van der Waals surface area contributed by atoms with Crippen LogP contribution in [-0.4, -0.2) is 17.3 Å². The van der Waals surface area contributed by atoms with E-state index in [4.69, 9.17) is 10.5 Å². The van der Waals surface area contributed by atoms with Gasteiger partial charge in [0.2, 0.25) is 0 Å². The van der Waals surface area contributed by atoms with Crippen LogP contribution in [0.4, 0.5) is 5.82 Å². The minimum Gasteiger partial charge on any atom is -0.496 e. The maximum absolute atomic E-state index is 6.02. The van der Waals surface area contributed by atoms with Crippen LogP contribution >= 0.6 is 0 Å². The highest BCUT2D eigenvalue weighted by Gasteiger charge is 2.17. The van der Waals surface area contributed by atoms with Crippen molar-refractivity contribution in [2.24, 2.45) is 5.92 Å². The van der Waals surface area contributed by atoms with Crippen LogP contribution in [0.1, 0.15) is 25.1 Å². The van der Waals surface area contributed by atoms with Gasteiger partial charge in [0.05, 0.1) is 12.7 Å². The molecule has 0 aliphatic carbocycles. The molecule has 0 saturated heterocycles. The van der Waals surface area contributed by atoms with E-state index in [0.717, 1.165) is 29.0 Å². The molecule has 1 aromatic carbocycles. The van der Waals surface area contributed by atoms with E-state index in [1.807, 2.05) is 12.1 Å². The lowest BCUT2D eigenvalue weighted by atomic mass is 9.97. The Morgan fingerprint density at radius 1 is 1.37 bits per heavy atom. The number of nitrogens with one attached hydrogen (secondary N) is 1. The molecule has 4 heteroatoms. The van der Waals surface area contributed by atoms with Gasteiger partial charge in [-0.05, 0) is 31.4 Å². The van der Waals surface area contributed by atoms with Crippen molar-refractivity contribution in [3.63, 3.8) is 0 Å². The Hall–Kier alpha value is -1.97. The van der Waals surface area contributed by atoms with Gasteiger partial charge < -0.3 is 10.5 Å². The first-order chi connectivity index (χ1) is 9.02. The topological polar surface area (TPSA) is 63.9 Å². The second-order valence-electron chi connectivity index (χ2n) is 5.26. The molecule has 1 aromatic heterocycles. The highest BCUT2D eigenvalue weighted by molar-refractivity contribution is 5.81. The van der Waals surface area contributed by atoms with Gasteiger partial charge in [-0.15, -0.1) is 0 Å². The molecule has 1 heterocycles. The third-order valence-corrected chi connectivity index (χ3v) is 3.11. The van der Waals surface area contributed by atoms with Crippen molar-refractivity contribution in [1.82, 2.24) is 10.2 Å². The molecule has 0 radical (unpaired) electrons. The van der Waals surface area contributed by atoms with Crippen LogP contribution in [0.2, 0.25) is 0 Å². The molecule has 4 nitrogen and oxygen atoms in total. The number of benzene rings is 1. The van der Waals surface area contributed by atoms with Gasteiger partial charge in [-0.3, -0.25) is 5.10 Å². The Balaban J connectivity index is 2.57. The Morgan fingerprint density at radius 3 is 2.74 bits per heavy atom. The van der Waals surface area contributed by atoms with Crippen molar-refractivity contribution in [3.8, 4) is 16.9 Å². The minimum atomic E-state index is 0.527. The predicted molar refractivity (Wildman–Crippen MR) is 78.3 cm³/mol. The zero-order valence-corrected chi connectivity index (χ0v) is 11.9. The number of H-pyrrole nitrogens is 1. The van der Waals surface area contributed by atoms with Crippen molar-refractivity contribution in [2.75, 3.05) is 12.8 Å². The summed E-state index contributed by atoms with van der Waals surface area (Å²) in [5.41, 5.74) is 10.2. The molecule has 0 aliphatic rings. The monoisotopic (exact) mass is 259 g/mol. The van der Waals surface area contributed by atoms with Gasteiger partial charge in [0.25, 0.3) is 0 Å². The second kappa shape index (κ2) is 5.34. The highest BCUT2D eigenvalue weighted by Crippen LogP contribution is 2.36. The molecule has 2 aromatic rings. The second-order valence-corrected chi connectivity index (χ2v) is 5.26. The predicted octanol–water partition coefficient (Wildman–Crippen LogP) is 3.17. The fourth-order valence-electron chi connectivity index (χ4n) is 2.27. The third-order valence-electron chi connectivity index (χ3n) is 3.11. The Bertz CT molecular complexity index is 573. The Kier molecular flexibility index (Phi) is 3.79. The van der Waals surface area contributed by atoms with Crippen LogP contribution in [0.15, 0.2) is 18.2 Å². The largest absolute Gasteiger partial charge is 0.496 e. The quantitative estimate of drug-likeness (QED) is 0.886. The van der Waals surface area contributed by atoms with Crippen LogP contribution in [-0.2, 0) is 6.42 Å². The number of aromatic amines is 1. The standard InChI is InChI=1S/C15H21N3O/c1-9(2)7-12-14(15(16)18-17-12)11-8-10(3)5-6-13(11)19-4/h5-6,8-9H,7H2,1-4H3,(H3,16,17,18). The lowest BCUT2D eigenvalue weighted by Crippen LogP contribution is -1.98. The number of hydrogen-bond donors (Lipinski definition) is 2. The summed E-state index contributed by atoms with van der Waals surface area (Å²) in [5, 5.41) is 7.19. The SMILES string of the molecule is COc1ccc(C)cc1-c1c(N)n[nH]c1CC(C)C. The number of nitrogen functional groups attached to an aromatic ring is 1. The van der Waals surface area contributed by atoms with E-state index in [1.54, 1.807) is 7.11 Å². The van der Waals surface area contributed by atoms with Crippen molar-refractivity contribution in [1.29, 1.82) is 0 Å². The van der Waals surface area contributed by atoms with E-state index in [1.165, 1.54) is 5.56 Å². The molecule has 0 spiro atoms. The lowest BCUT2D eigenvalue weighted by molar-refractivity contribution is 0.416. The molecule has 19 heavy (non-hydrogen) atoms. The van der Waals surface area contributed by atoms with Gasteiger partial charge in [-0.25, -0.2) is 0 Å². The summed E-state index contributed by atoms with van der Waals surface area (Å²) in [5.74, 6) is 1.89. The first-order valence-electron chi connectivity index (χ1n) is 6.50. The molecule has 0 amide bonds. The van der Waals surface area contributed by atoms with Crippen molar-refractivity contribution in [3.05, 3.63) is 29.5 Å². The molecule has 3 N–H and O–H groups in total. The van der Waals surface area contributed by atoms with Crippen molar-refractivity contribution < 1.29 is 4.74 Å². The zero-order chi connectivity index (χ0) is 14.0. The molecule has 102 valence electrons. The molecule has 0 atom stereocenters. The maximum atomic E-state index is 6.02. The summed E-state index contributed by atoms with van der Waals surface area (Å²) in [6.45, 7) is 6.41. The zero-order valence-electron chi connectivity index (χ0n) is 11.9. The summed E-state index contributed by atoms with van der Waals surface area (Å²) in [4.78, 5) is 0. The number of nitrogens with two attached hydrogens (primary N) is 1. The number of nitrogens with zero attached hydrogens (tertiary/aromatic N) is 1. The fourth-order valence-corrected chi connectivity index (χ4v) is 2.27. The summed E-state index contributed by atoms with van der Waals surface area (Å²) in [7, 11) is 1.67. The number of aryl methyl sites for hydroxylation is 1. The first-order valence-corrected chi connectivity index (χ1v) is 6.50. The molecule has 0 unspecified atom stereocenters. The van der Waals surface area contributed by atoms with Gasteiger partial charge in [-0.1, -0.05) is 25.5 Å². The van der Waals surface area contributed by atoms with Crippen LogP contribution in [0, 0.1) is 12.8 Å². The number of anilines is 1. The Morgan fingerprint density at radius 2 is 2.11 bits per heavy atom. The number of methoxy groups -OCH3 is 1. The molecular weight excluding hydrogens is 238 g/mol. The first kappa shape index (κ1) is 13.5. The lowest BCUT2D eigenvalue weighted by Gasteiger charge is -2.11. The maximum Gasteiger partial charge on any atom is 0.153 e. The number of ether oxygens (including phenoxy) is 1. The summed E-state index contributed by atoms with van der Waals surface area (Å²) >= 11 is 0. The van der Waals surface area contributed by atoms with E-state index in [0.29, 0.717) is 11.7 Å². The van der Waals surface area contributed by atoms with E-state index in [-0.39, 0.29) is 0 Å². The number of hydrogen-bond acceptors (Lipinski definition) is 3. The highest BCUT2D eigenvalue weighted by atomic mass is 16.5.